The van der Waals surface area contributed by atoms with Crippen LogP contribution in [0.4, 0.5) is 5.69 Å². The van der Waals surface area contributed by atoms with E-state index in [1.54, 1.807) is 6.92 Å². The SMILES string of the molecule is CCC(C)(NC(=O)CSc1ccc(Cl)cc1[N+](=O)[O-])C(=O)O. The van der Waals surface area contributed by atoms with Crippen LogP contribution >= 0.6 is 23.4 Å². The maximum Gasteiger partial charge on any atom is 0.329 e. The minimum absolute atomic E-state index is 0.134. The van der Waals surface area contributed by atoms with Crippen LogP contribution in [-0.2, 0) is 9.59 Å². The number of amides is 1. The molecule has 7 nitrogen and oxygen atoms in total. The van der Waals surface area contributed by atoms with Gasteiger partial charge < -0.3 is 10.4 Å². The van der Waals surface area contributed by atoms with E-state index < -0.39 is 22.3 Å². The number of hydrogen-bond donors (Lipinski definition) is 2. The molecule has 0 saturated heterocycles. The van der Waals surface area contributed by atoms with Gasteiger partial charge in [0.15, 0.2) is 0 Å². The van der Waals surface area contributed by atoms with Gasteiger partial charge in [0.25, 0.3) is 5.69 Å². The van der Waals surface area contributed by atoms with Crippen LogP contribution in [0.5, 0.6) is 0 Å². The molecular weight excluding hydrogens is 332 g/mol. The van der Waals surface area contributed by atoms with E-state index in [0.717, 1.165) is 11.8 Å². The topological polar surface area (TPSA) is 110 Å². The Bertz CT molecular complexity index is 610. The van der Waals surface area contributed by atoms with Gasteiger partial charge in [0.2, 0.25) is 5.91 Å². The number of rotatable bonds is 7. The van der Waals surface area contributed by atoms with Gasteiger partial charge in [-0.1, -0.05) is 18.5 Å². The van der Waals surface area contributed by atoms with Gasteiger partial charge in [0.1, 0.15) is 5.54 Å². The molecule has 22 heavy (non-hydrogen) atoms. The predicted molar refractivity (Wildman–Crippen MR) is 83.3 cm³/mol. The first kappa shape index (κ1) is 18.2. The third kappa shape index (κ3) is 4.60. The summed E-state index contributed by atoms with van der Waals surface area (Å²) in [6, 6.07) is 4.14. The van der Waals surface area contributed by atoms with Gasteiger partial charge in [0.05, 0.1) is 15.6 Å². The van der Waals surface area contributed by atoms with E-state index in [-0.39, 0.29) is 27.8 Å². The molecule has 1 unspecified atom stereocenters. The third-order valence-corrected chi connectivity index (χ3v) is 4.37. The zero-order chi connectivity index (χ0) is 16.9. The van der Waals surface area contributed by atoms with E-state index in [9.17, 15) is 19.7 Å². The highest BCUT2D eigenvalue weighted by Crippen LogP contribution is 2.31. The van der Waals surface area contributed by atoms with Crippen LogP contribution in [0.25, 0.3) is 0 Å². The average molecular weight is 347 g/mol. The van der Waals surface area contributed by atoms with E-state index in [4.69, 9.17) is 16.7 Å². The van der Waals surface area contributed by atoms with E-state index in [0.29, 0.717) is 0 Å². The van der Waals surface area contributed by atoms with Crippen LogP contribution in [0.2, 0.25) is 5.02 Å². The number of hydrogen-bond acceptors (Lipinski definition) is 5. The summed E-state index contributed by atoms with van der Waals surface area (Å²) < 4.78 is 0. The lowest BCUT2D eigenvalue weighted by atomic mass is 9.99. The maximum atomic E-state index is 11.9. The fourth-order valence-corrected chi connectivity index (χ4v) is 2.51. The number of nitro groups is 1. The summed E-state index contributed by atoms with van der Waals surface area (Å²) in [6.07, 6.45) is 0.222. The first-order valence-corrected chi connectivity index (χ1v) is 7.67. The molecule has 0 bridgehead atoms. The lowest BCUT2D eigenvalue weighted by Crippen LogP contribution is -2.52. The maximum absolute atomic E-state index is 11.9. The molecule has 0 spiro atoms. The van der Waals surface area contributed by atoms with Crippen molar-refractivity contribution < 1.29 is 19.6 Å². The highest BCUT2D eigenvalue weighted by molar-refractivity contribution is 8.00. The lowest BCUT2D eigenvalue weighted by Gasteiger charge is -2.24. The standard InChI is InChI=1S/C13H15ClN2O5S/c1-3-13(2,12(18)19)15-11(17)7-22-10-5-4-8(14)6-9(10)16(20)21/h4-6H,3,7H2,1-2H3,(H,15,17)(H,18,19). The molecule has 2 N–H and O–H groups in total. The second kappa shape index (κ2) is 7.46. The summed E-state index contributed by atoms with van der Waals surface area (Å²) in [5.74, 6) is -1.78. The number of nitro benzene ring substituents is 1. The van der Waals surface area contributed by atoms with Crippen molar-refractivity contribution >= 4 is 40.9 Å². The largest absolute Gasteiger partial charge is 0.480 e. The zero-order valence-electron chi connectivity index (χ0n) is 12.0. The second-order valence-corrected chi connectivity index (χ2v) is 6.15. The first-order chi connectivity index (χ1) is 10.2. The molecule has 1 aromatic carbocycles. The van der Waals surface area contributed by atoms with Gasteiger partial charge >= 0.3 is 5.97 Å². The Kier molecular flexibility index (Phi) is 6.19. The van der Waals surface area contributed by atoms with Crippen molar-refractivity contribution in [3.8, 4) is 0 Å². The van der Waals surface area contributed by atoms with Crippen molar-refractivity contribution in [1.82, 2.24) is 5.32 Å². The molecule has 0 saturated carbocycles. The summed E-state index contributed by atoms with van der Waals surface area (Å²) in [4.78, 5) is 33.6. The van der Waals surface area contributed by atoms with Crippen molar-refractivity contribution in [1.29, 1.82) is 0 Å². The molecule has 0 fully saturated rings. The Hall–Kier alpha value is -1.80. The number of carbonyl (C=O) groups is 2. The minimum atomic E-state index is -1.36. The van der Waals surface area contributed by atoms with Gasteiger partial charge in [0, 0.05) is 11.1 Å². The number of benzene rings is 1. The monoisotopic (exact) mass is 346 g/mol. The van der Waals surface area contributed by atoms with Gasteiger partial charge in [-0.15, -0.1) is 11.8 Å². The highest BCUT2D eigenvalue weighted by Gasteiger charge is 2.32. The Balaban J connectivity index is 2.77. The fraction of sp³-hybridized carbons (Fsp3) is 0.385. The van der Waals surface area contributed by atoms with Gasteiger partial charge in [-0.25, -0.2) is 4.79 Å². The average Bonchev–Trinajstić information content (AvgIpc) is 2.45. The quantitative estimate of drug-likeness (QED) is 0.446. The van der Waals surface area contributed by atoms with Crippen LogP contribution in [0.3, 0.4) is 0 Å². The zero-order valence-corrected chi connectivity index (χ0v) is 13.5. The Morgan fingerprint density at radius 3 is 2.64 bits per heavy atom. The molecule has 0 aliphatic heterocycles. The Morgan fingerprint density at radius 1 is 1.50 bits per heavy atom. The molecule has 0 heterocycles. The number of nitrogens with one attached hydrogen (secondary N) is 1. The molecule has 0 aliphatic carbocycles. The minimum Gasteiger partial charge on any atom is -0.480 e. The van der Waals surface area contributed by atoms with Crippen LogP contribution in [0.1, 0.15) is 20.3 Å². The molecule has 1 aromatic rings. The summed E-state index contributed by atoms with van der Waals surface area (Å²) in [5.41, 5.74) is -1.55. The number of halogens is 1. The molecule has 0 radical (unpaired) electrons. The lowest BCUT2D eigenvalue weighted by molar-refractivity contribution is -0.387. The summed E-state index contributed by atoms with van der Waals surface area (Å²) in [5, 5.41) is 22.7. The van der Waals surface area contributed by atoms with Crippen molar-refractivity contribution in [3.63, 3.8) is 0 Å². The number of carboxylic acid groups (broad SMARTS) is 1. The van der Waals surface area contributed by atoms with E-state index in [2.05, 4.69) is 5.32 Å². The van der Waals surface area contributed by atoms with Crippen molar-refractivity contribution in [3.05, 3.63) is 33.3 Å². The van der Waals surface area contributed by atoms with Gasteiger partial charge in [-0.3, -0.25) is 14.9 Å². The normalized spacial score (nSPS) is 13.2. The summed E-state index contributed by atoms with van der Waals surface area (Å²) in [6.45, 7) is 3.05. The summed E-state index contributed by atoms with van der Waals surface area (Å²) in [7, 11) is 0. The Labute approximate surface area is 136 Å². The Morgan fingerprint density at radius 2 is 2.14 bits per heavy atom. The molecule has 120 valence electrons. The number of carbonyl (C=O) groups excluding carboxylic acids is 1. The van der Waals surface area contributed by atoms with Crippen LogP contribution < -0.4 is 5.32 Å². The van der Waals surface area contributed by atoms with Crippen LogP contribution in [0, 0.1) is 10.1 Å². The fourth-order valence-electron chi connectivity index (χ4n) is 1.54. The molecule has 0 aliphatic rings. The molecular formula is C13H15ClN2O5S. The summed E-state index contributed by atoms with van der Waals surface area (Å²) >= 11 is 6.66. The second-order valence-electron chi connectivity index (χ2n) is 4.70. The first-order valence-electron chi connectivity index (χ1n) is 6.30. The van der Waals surface area contributed by atoms with Gasteiger partial charge in [-0.05, 0) is 25.5 Å². The van der Waals surface area contributed by atoms with Crippen LogP contribution in [0.15, 0.2) is 23.1 Å². The van der Waals surface area contributed by atoms with Crippen molar-refractivity contribution in [2.24, 2.45) is 0 Å². The predicted octanol–water partition coefficient (Wildman–Crippen LogP) is 2.71. The molecule has 1 amide bonds. The van der Waals surface area contributed by atoms with Crippen LogP contribution in [-0.4, -0.2) is 33.2 Å². The van der Waals surface area contributed by atoms with Crippen molar-refractivity contribution in [2.75, 3.05) is 5.75 Å². The highest BCUT2D eigenvalue weighted by atomic mass is 35.5. The number of nitrogens with zero attached hydrogens (tertiary/aromatic N) is 1. The smallest absolute Gasteiger partial charge is 0.329 e. The van der Waals surface area contributed by atoms with E-state index >= 15 is 0 Å². The molecule has 0 aromatic heterocycles. The van der Waals surface area contributed by atoms with E-state index in [1.807, 2.05) is 0 Å². The molecule has 1 rings (SSSR count). The van der Waals surface area contributed by atoms with Gasteiger partial charge in [-0.2, -0.15) is 0 Å². The molecule has 1 atom stereocenters. The number of aliphatic carboxylic acids is 1. The molecule has 9 heteroatoms. The van der Waals surface area contributed by atoms with E-state index in [1.165, 1.54) is 25.1 Å². The number of carboxylic acids is 1. The van der Waals surface area contributed by atoms with Crippen molar-refractivity contribution in [2.45, 2.75) is 30.7 Å². The number of thioether (sulfide) groups is 1. The third-order valence-electron chi connectivity index (χ3n) is 3.07.